The number of piperazine rings is 1. The maximum absolute atomic E-state index is 12.8. The summed E-state index contributed by atoms with van der Waals surface area (Å²) in [5, 5.41) is 0. The average Bonchev–Trinajstić information content (AvgIpc) is 3.50. The van der Waals surface area contributed by atoms with Crippen LogP contribution in [-0.2, 0) is 21.4 Å². The number of hydrogen-bond acceptors (Lipinski definition) is 8. The molecule has 2 aromatic rings. The normalized spacial score (nSPS) is 17.0. The van der Waals surface area contributed by atoms with E-state index < -0.39 is 10.0 Å². The van der Waals surface area contributed by atoms with Crippen molar-refractivity contribution in [1.82, 2.24) is 9.80 Å². The van der Waals surface area contributed by atoms with Crippen LogP contribution in [0.5, 0.6) is 23.0 Å². The van der Waals surface area contributed by atoms with Crippen molar-refractivity contribution >= 4 is 21.6 Å². The van der Waals surface area contributed by atoms with Crippen molar-refractivity contribution in [2.45, 2.75) is 19.4 Å². The molecule has 3 heterocycles. The van der Waals surface area contributed by atoms with Gasteiger partial charge in [-0.3, -0.25) is 14.0 Å². The molecule has 10 nitrogen and oxygen atoms in total. The van der Waals surface area contributed by atoms with Crippen molar-refractivity contribution in [3.8, 4) is 23.0 Å². The Labute approximate surface area is 205 Å². The highest BCUT2D eigenvalue weighted by atomic mass is 32.2. The fourth-order valence-electron chi connectivity index (χ4n) is 4.51. The lowest BCUT2D eigenvalue weighted by Crippen LogP contribution is -2.48. The molecule has 1 fully saturated rings. The summed E-state index contributed by atoms with van der Waals surface area (Å²) in [6.07, 6.45) is 1.88. The molecule has 0 spiro atoms. The summed E-state index contributed by atoms with van der Waals surface area (Å²) in [4.78, 5) is 17.0. The first-order valence-electron chi connectivity index (χ1n) is 11.6. The van der Waals surface area contributed by atoms with Crippen molar-refractivity contribution in [3.63, 3.8) is 0 Å². The molecule has 0 aliphatic carbocycles. The number of amides is 1. The summed E-state index contributed by atoms with van der Waals surface area (Å²) in [7, 11) is -3.51. The molecule has 0 atom stereocenters. The monoisotopic (exact) mass is 503 g/mol. The summed E-state index contributed by atoms with van der Waals surface area (Å²) < 4.78 is 47.6. The Kier molecular flexibility index (Phi) is 6.61. The van der Waals surface area contributed by atoms with Crippen LogP contribution < -0.4 is 23.3 Å². The number of carbonyl (C=O) groups excluding carboxylic acids is 1. The quantitative estimate of drug-likeness (QED) is 0.540. The summed E-state index contributed by atoms with van der Waals surface area (Å²) in [6.45, 7) is 4.27. The summed E-state index contributed by atoms with van der Waals surface area (Å²) in [5.41, 5.74) is 1.65. The number of fused-ring (bicyclic) bond motifs is 2. The second kappa shape index (κ2) is 9.82. The van der Waals surface area contributed by atoms with Crippen LogP contribution in [0.15, 0.2) is 36.4 Å². The maximum atomic E-state index is 12.8. The SMILES string of the molecule is CS(=O)(=O)N(CCCC(=O)N1CCN(Cc2ccc3c(c2)OCO3)CC1)c1ccc2c(c1)OCO2. The standard InChI is InChI=1S/C24H29N3O7S/c1-35(29,30)27(19-5-7-21-23(14-19)34-17-32-21)8-2-3-24(28)26-11-9-25(10-12-26)15-18-4-6-20-22(13-18)33-16-31-20/h4-7,13-14H,2-3,8-12,15-17H2,1H3. The first-order valence-corrected chi connectivity index (χ1v) is 13.5. The number of benzene rings is 2. The molecule has 188 valence electrons. The van der Waals surface area contributed by atoms with Crippen molar-refractivity contribution in [2.75, 3.05) is 56.9 Å². The summed E-state index contributed by atoms with van der Waals surface area (Å²) in [5.74, 6) is 2.71. The van der Waals surface area contributed by atoms with Gasteiger partial charge in [0.25, 0.3) is 0 Å². The molecule has 3 aliphatic heterocycles. The van der Waals surface area contributed by atoms with E-state index >= 15 is 0 Å². The number of sulfonamides is 1. The summed E-state index contributed by atoms with van der Waals surface area (Å²) >= 11 is 0. The Morgan fingerprint density at radius 1 is 0.886 bits per heavy atom. The van der Waals surface area contributed by atoms with Crippen molar-refractivity contribution < 1.29 is 32.2 Å². The fourth-order valence-corrected chi connectivity index (χ4v) is 5.47. The third-order valence-electron chi connectivity index (χ3n) is 6.36. The predicted molar refractivity (Wildman–Crippen MR) is 128 cm³/mol. The van der Waals surface area contributed by atoms with Crippen molar-refractivity contribution in [3.05, 3.63) is 42.0 Å². The average molecular weight is 504 g/mol. The number of ether oxygens (including phenoxy) is 4. The molecule has 0 aromatic heterocycles. The van der Waals surface area contributed by atoms with Gasteiger partial charge in [-0.15, -0.1) is 0 Å². The van der Waals surface area contributed by atoms with Crippen LogP contribution in [-0.4, -0.2) is 76.7 Å². The molecule has 0 N–H and O–H groups in total. The highest BCUT2D eigenvalue weighted by molar-refractivity contribution is 7.92. The molecule has 0 saturated carbocycles. The lowest BCUT2D eigenvalue weighted by atomic mass is 10.1. The van der Waals surface area contributed by atoms with E-state index in [1.54, 1.807) is 18.2 Å². The van der Waals surface area contributed by atoms with Crippen LogP contribution in [0.2, 0.25) is 0 Å². The van der Waals surface area contributed by atoms with Crippen molar-refractivity contribution in [1.29, 1.82) is 0 Å². The zero-order valence-corrected chi connectivity index (χ0v) is 20.5. The molecular weight excluding hydrogens is 474 g/mol. The number of carbonyl (C=O) groups is 1. The Bertz CT molecular complexity index is 1200. The molecule has 0 unspecified atom stereocenters. The van der Waals surface area contributed by atoms with E-state index in [1.807, 2.05) is 23.1 Å². The minimum atomic E-state index is -3.51. The van der Waals surface area contributed by atoms with Crippen LogP contribution in [0.25, 0.3) is 0 Å². The highest BCUT2D eigenvalue weighted by Gasteiger charge is 2.24. The number of hydrogen-bond donors (Lipinski definition) is 0. The van der Waals surface area contributed by atoms with Gasteiger partial charge < -0.3 is 23.8 Å². The van der Waals surface area contributed by atoms with E-state index in [0.29, 0.717) is 43.1 Å². The van der Waals surface area contributed by atoms with Gasteiger partial charge in [-0.25, -0.2) is 8.42 Å². The van der Waals surface area contributed by atoms with E-state index in [9.17, 15) is 13.2 Å². The van der Waals surface area contributed by atoms with Crippen LogP contribution in [0.4, 0.5) is 5.69 Å². The van der Waals surface area contributed by atoms with Gasteiger partial charge in [-0.1, -0.05) is 6.07 Å². The van der Waals surface area contributed by atoms with Gasteiger partial charge in [0.1, 0.15) is 0 Å². The van der Waals surface area contributed by atoms with Crippen LogP contribution >= 0.6 is 0 Å². The molecule has 35 heavy (non-hydrogen) atoms. The zero-order valence-electron chi connectivity index (χ0n) is 19.6. The van der Waals surface area contributed by atoms with E-state index in [0.717, 1.165) is 36.7 Å². The molecule has 2 aromatic carbocycles. The van der Waals surface area contributed by atoms with Gasteiger partial charge in [0, 0.05) is 51.8 Å². The second-order valence-electron chi connectivity index (χ2n) is 8.82. The van der Waals surface area contributed by atoms with Gasteiger partial charge in [-0.2, -0.15) is 0 Å². The Balaban J connectivity index is 1.10. The highest BCUT2D eigenvalue weighted by Crippen LogP contribution is 2.36. The van der Waals surface area contributed by atoms with Crippen LogP contribution in [0, 0.1) is 0 Å². The zero-order chi connectivity index (χ0) is 24.4. The lowest BCUT2D eigenvalue weighted by Gasteiger charge is -2.35. The molecule has 1 amide bonds. The maximum Gasteiger partial charge on any atom is 0.232 e. The molecule has 1 saturated heterocycles. The van der Waals surface area contributed by atoms with E-state index in [4.69, 9.17) is 18.9 Å². The third-order valence-corrected chi connectivity index (χ3v) is 7.56. The van der Waals surface area contributed by atoms with E-state index in [2.05, 4.69) is 4.90 Å². The number of nitrogens with zero attached hydrogens (tertiary/aromatic N) is 3. The fraction of sp³-hybridized carbons (Fsp3) is 0.458. The van der Waals surface area contributed by atoms with Crippen LogP contribution in [0.1, 0.15) is 18.4 Å². The summed E-state index contributed by atoms with van der Waals surface area (Å²) in [6, 6.07) is 11.0. The second-order valence-corrected chi connectivity index (χ2v) is 10.7. The first-order chi connectivity index (χ1) is 16.9. The van der Waals surface area contributed by atoms with Gasteiger partial charge in [0.2, 0.25) is 29.5 Å². The predicted octanol–water partition coefficient (Wildman–Crippen LogP) is 2.03. The van der Waals surface area contributed by atoms with Gasteiger partial charge >= 0.3 is 0 Å². The number of anilines is 1. The third kappa shape index (κ3) is 5.40. The molecule has 11 heteroatoms. The van der Waals surface area contributed by atoms with E-state index in [-0.39, 0.29) is 26.0 Å². The molecule has 0 bridgehead atoms. The molecule has 0 radical (unpaired) electrons. The minimum Gasteiger partial charge on any atom is -0.454 e. The largest absolute Gasteiger partial charge is 0.454 e. The first kappa shape index (κ1) is 23.6. The smallest absolute Gasteiger partial charge is 0.232 e. The topological polar surface area (TPSA) is 97.9 Å². The molecular formula is C24H29N3O7S. The number of rotatable bonds is 8. The minimum absolute atomic E-state index is 0.0480. The van der Waals surface area contributed by atoms with Gasteiger partial charge in [0.05, 0.1) is 11.9 Å². The Hall–Kier alpha value is -3.18. The van der Waals surface area contributed by atoms with Crippen LogP contribution in [0.3, 0.4) is 0 Å². The Morgan fingerprint density at radius 2 is 1.51 bits per heavy atom. The Morgan fingerprint density at radius 3 is 2.20 bits per heavy atom. The van der Waals surface area contributed by atoms with Gasteiger partial charge in [0.15, 0.2) is 23.0 Å². The van der Waals surface area contributed by atoms with Crippen molar-refractivity contribution in [2.24, 2.45) is 0 Å². The van der Waals surface area contributed by atoms with Gasteiger partial charge in [-0.05, 0) is 36.2 Å². The van der Waals surface area contributed by atoms with E-state index in [1.165, 1.54) is 10.6 Å². The molecule has 5 rings (SSSR count). The molecule has 3 aliphatic rings. The lowest BCUT2D eigenvalue weighted by molar-refractivity contribution is -0.133.